The van der Waals surface area contributed by atoms with Crippen LogP contribution in [0.25, 0.3) is 11.0 Å². The molecule has 1 saturated heterocycles. The summed E-state index contributed by atoms with van der Waals surface area (Å²) in [6.45, 7) is 0.770. The van der Waals surface area contributed by atoms with E-state index in [9.17, 15) is 4.79 Å². The Hall–Kier alpha value is -3.05. The second kappa shape index (κ2) is 8.23. The van der Waals surface area contributed by atoms with Crippen LogP contribution in [0.15, 0.2) is 73.1 Å². The van der Waals surface area contributed by atoms with E-state index in [1.54, 1.807) is 0 Å². The van der Waals surface area contributed by atoms with E-state index in [0.29, 0.717) is 11.4 Å². The maximum atomic E-state index is 13.6. The molecule has 0 saturated carbocycles. The zero-order valence-corrected chi connectivity index (χ0v) is 18.2. The van der Waals surface area contributed by atoms with E-state index in [1.807, 2.05) is 78.9 Å². The topological polar surface area (TPSA) is 43.1 Å². The molecule has 0 bridgehead atoms. The van der Waals surface area contributed by atoms with Crippen molar-refractivity contribution >= 4 is 28.5 Å². The Labute approximate surface area is 186 Å². The van der Waals surface area contributed by atoms with Crippen LogP contribution in [0, 0.1) is 0 Å². The van der Waals surface area contributed by atoms with Crippen LogP contribution in [0.4, 0.5) is 0 Å². The second-order valence-electron chi connectivity index (χ2n) is 8.16. The van der Waals surface area contributed by atoms with Gasteiger partial charge in [-0.25, -0.2) is 4.98 Å². The van der Waals surface area contributed by atoms with Gasteiger partial charge in [-0.2, -0.15) is 0 Å². The van der Waals surface area contributed by atoms with Crippen molar-refractivity contribution in [1.82, 2.24) is 19.0 Å². The van der Waals surface area contributed by atoms with Gasteiger partial charge in [0.25, 0.3) is 0 Å². The molecule has 4 aromatic rings. The highest BCUT2D eigenvalue weighted by Gasteiger charge is 2.34. The van der Waals surface area contributed by atoms with Gasteiger partial charge < -0.3 is 14.0 Å². The van der Waals surface area contributed by atoms with Crippen molar-refractivity contribution in [3.8, 4) is 0 Å². The van der Waals surface area contributed by atoms with E-state index >= 15 is 0 Å². The average Bonchev–Trinajstić information content (AvgIpc) is 3.53. The molecule has 158 valence electrons. The molecule has 6 heteroatoms. The van der Waals surface area contributed by atoms with Crippen molar-refractivity contribution in [2.45, 2.75) is 31.3 Å². The summed E-state index contributed by atoms with van der Waals surface area (Å²) in [6.07, 6.45) is 6.36. The number of likely N-dealkylation sites (tertiary alicyclic amines) is 1. The lowest BCUT2D eigenvalue weighted by atomic mass is 10.0. The normalized spacial score (nSPS) is 17.4. The van der Waals surface area contributed by atoms with Crippen molar-refractivity contribution < 1.29 is 4.79 Å². The van der Waals surface area contributed by atoms with Gasteiger partial charge in [0, 0.05) is 31.0 Å². The fraction of sp³-hybridized carbons (Fsp3) is 0.280. The van der Waals surface area contributed by atoms with Crippen LogP contribution in [0.2, 0.25) is 5.02 Å². The molecule has 1 aliphatic heterocycles. The molecule has 3 heterocycles. The van der Waals surface area contributed by atoms with Crippen LogP contribution in [0.5, 0.6) is 0 Å². The highest BCUT2D eigenvalue weighted by molar-refractivity contribution is 6.30. The van der Waals surface area contributed by atoms with Gasteiger partial charge in [-0.15, -0.1) is 0 Å². The Morgan fingerprint density at radius 2 is 1.84 bits per heavy atom. The molecule has 0 radical (unpaired) electrons. The lowest BCUT2D eigenvalue weighted by molar-refractivity contribution is -0.132. The Balaban J connectivity index is 1.43. The van der Waals surface area contributed by atoms with Crippen LogP contribution >= 0.6 is 11.6 Å². The lowest BCUT2D eigenvalue weighted by Crippen LogP contribution is -2.33. The number of aromatic nitrogens is 3. The van der Waals surface area contributed by atoms with E-state index in [4.69, 9.17) is 16.6 Å². The van der Waals surface area contributed by atoms with Crippen LogP contribution in [0.1, 0.15) is 42.7 Å². The molecule has 0 spiro atoms. The second-order valence-corrected chi connectivity index (χ2v) is 8.60. The zero-order chi connectivity index (χ0) is 21.4. The van der Waals surface area contributed by atoms with Gasteiger partial charge >= 0.3 is 0 Å². The number of fused-ring (bicyclic) bond motifs is 1. The highest BCUT2D eigenvalue weighted by Crippen LogP contribution is 2.35. The number of rotatable bonds is 5. The van der Waals surface area contributed by atoms with E-state index < -0.39 is 0 Å². The fourth-order valence-corrected chi connectivity index (χ4v) is 4.84. The molecule has 0 N–H and O–H groups in total. The van der Waals surface area contributed by atoms with Crippen molar-refractivity contribution in [3.05, 3.63) is 89.5 Å². The third-order valence-corrected chi connectivity index (χ3v) is 6.56. The molecule has 1 aliphatic rings. The predicted octanol–water partition coefficient (Wildman–Crippen LogP) is 5.37. The molecular weight excluding hydrogens is 408 g/mol. The maximum absolute atomic E-state index is 13.6. The quantitative estimate of drug-likeness (QED) is 0.425. The summed E-state index contributed by atoms with van der Waals surface area (Å²) in [4.78, 5) is 20.4. The smallest absolute Gasteiger partial charge is 0.225 e. The monoisotopic (exact) mass is 432 g/mol. The molecule has 1 fully saturated rings. The van der Waals surface area contributed by atoms with E-state index in [0.717, 1.165) is 41.8 Å². The van der Waals surface area contributed by atoms with E-state index in [1.165, 1.54) is 0 Å². The molecule has 5 rings (SSSR count). The predicted molar refractivity (Wildman–Crippen MR) is 123 cm³/mol. The first-order valence-corrected chi connectivity index (χ1v) is 11.1. The Kier molecular flexibility index (Phi) is 5.28. The van der Waals surface area contributed by atoms with Crippen molar-refractivity contribution in [3.63, 3.8) is 0 Å². The number of aryl methyl sites for hydroxylation is 1. The van der Waals surface area contributed by atoms with Gasteiger partial charge in [-0.1, -0.05) is 35.9 Å². The minimum absolute atomic E-state index is 0.0143. The molecule has 2 aromatic heterocycles. The highest BCUT2D eigenvalue weighted by atomic mass is 35.5. The van der Waals surface area contributed by atoms with Gasteiger partial charge in [-0.3, -0.25) is 4.79 Å². The lowest BCUT2D eigenvalue weighted by Gasteiger charge is -2.27. The molecule has 1 unspecified atom stereocenters. The number of hydrogen-bond acceptors (Lipinski definition) is 2. The largest absolute Gasteiger partial charge is 0.346 e. The number of hydrogen-bond donors (Lipinski definition) is 0. The fourth-order valence-electron chi connectivity index (χ4n) is 4.71. The zero-order valence-electron chi connectivity index (χ0n) is 17.5. The summed E-state index contributed by atoms with van der Waals surface area (Å²) in [5.41, 5.74) is 3.15. The van der Waals surface area contributed by atoms with Crippen molar-refractivity contribution in [1.29, 1.82) is 0 Å². The third kappa shape index (κ3) is 3.74. The number of imidazole rings is 1. The number of halogens is 1. The van der Waals surface area contributed by atoms with Crippen LogP contribution in [-0.2, 0) is 11.8 Å². The molecule has 2 atom stereocenters. The van der Waals surface area contributed by atoms with Crippen LogP contribution < -0.4 is 0 Å². The maximum Gasteiger partial charge on any atom is 0.225 e. The summed E-state index contributed by atoms with van der Waals surface area (Å²) < 4.78 is 4.23. The summed E-state index contributed by atoms with van der Waals surface area (Å²) >= 11 is 6.09. The Bertz CT molecular complexity index is 1200. The standard InChI is InChI=1S/C25H25ClN4O/c1-28-21-8-3-2-7-20(21)27-25(28)22-9-6-16-30(22)24(31)17-23(29-14-4-5-15-29)18-10-12-19(26)13-11-18/h2-5,7-8,10-15,22-23H,6,9,16-17H2,1H3/t22-,23?/m0/s1. The molecule has 2 aromatic carbocycles. The molecule has 5 nitrogen and oxygen atoms in total. The number of benzene rings is 2. The summed E-state index contributed by atoms with van der Waals surface area (Å²) in [7, 11) is 2.04. The summed E-state index contributed by atoms with van der Waals surface area (Å²) in [5.74, 6) is 1.12. The number of carbonyl (C=O) groups excluding carboxylic acids is 1. The molecule has 0 aliphatic carbocycles. The summed E-state index contributed by atoms with van der Waals surface area (Å²) in [6, 6.07) is 19.9. The number of para-hydroxylation sites is 2. The van der Waals surface area contributed by atoms with Crippen LogP contribution in [0.3, 0.4) is 0 Å². The summed E-state index contributed by atoms with van der Waals surface area (Å²) in [5, 5.41) is 0.697. The first-order valence-electron chi connectivity index (χ1n) is 10.7. The minimum atomic E-state index is -0.0681. The average molecular weight is 433 g/mol. The van der Waals surface area contributed by atoms with Gasteiger partial charge in [0.05, 0.1) is 29.5 Å². The Morgan fingerprint density at radius 1 is 1.10 bits per heavy atom. The number of carbonyl (C=O) groups is 1. The Morgan fingerprint density at radius 3 is 2.58 bits per heavy atom. The van der Waals surface area contributed by atoms with E-state index in [2.05, 4.69) is 15.2 Å². The van der Waals surface area contributed by atoms with E-state index in [-0.39, 0.29) is 18.0 Å². The van der Waals surface area contributed by atoms with Gasteiger partial charge in [-0.05, 0) is 54.8 Å². The number of nitrogens with zero attached hydrogens (tertiary/aromatic N) is 4. The molecular formula is C25H25ClN4O. The van der Waals surface area contributed by atoms with Crippen molar-refractivity contribution in [2.75, 3.05) is 6.54 Å². The van der Waals surface area contributed by atoms with Gasteiger partial charge in [0.1, 0.15) is 5.82 Å². The van der Waals surface area contributed by atoms with Crippen molar-refractivity contribution in [2.24, 2.45) is 7.05 Å². The van der Waals surface area contributed by atoms with Gasteiger partial charge in [0.15, 0.2) is 0 Å². The first-order chi connectivity index (χ1) is 15.1. The first kappa shape index (κ1) is 19.9. The minimum Gasteiger partial charge on any atom is -0.346 e. The molecule has 31 heavy (non-hydrogen) atoms. The SMILES string of the molecule is Cn1c([C@@H]2CCCN2C(=O)CC(c2ccc(Cl)cc2)n2cccc2)nc2ccccc21. The van der Waals surface area contributed by atoms with Crippen LogP contribution in [-0.4, -0.2) is 31.5 Å². The third-order valence-electron chi connectivity index (χ3n) is 6.30. The molecule has 1 amide bonds. The van der Waals surface area contributed by atoms with Gasteiger partial charge in [0.2, 0.25) is 5.91 Å². The number of amides is 1.